The summed E-state index contributed by atoms with van der Waals surface area (Å²) in [4.78, 5) is 20.1. The van der Waals surface area contributed by atoms with Crippen LogP contribution in [0.4, 0.5) is 11.6 Å². The minimum Gasteiger partial charge on any atom is -0.341 e. The highest BCUT2D eigenvalue weighted by Gasteiger charge is 2.23. The van der Waals surface area contributed by atoms with E-state index in [1.165, 1.54) is 12.1 Å². The molecule has 2 heterocycles. The maximum Gasteiger partial charge on any atom is 0.271 e. The van der Waals surface area contributed by atoms with Crippen LogP contribution in [-0.4, -0.2) is 41.1 Å². The van der Waals surface area contributed by atoms with E-state index in [0.29, 0.717) is 11.6 Å². The molecule has 19 heavy (non-hydrogen) atoms. The second kappa shape index (κ2) is 4.51. The van der Waals surface area contributed by atoms with Gasteiger partial charge < -0.3 is 15.2 Å². The molecule has 2 aromatic rings. The molecule has 1 aliphatic heterocycles. The maximum absolute atomic E-state index is 10.7. The Morgan fingerprint density at radius 1 is 1.58 bits per heavy atom. The average Bonchev–Trinajstić information content (AvgIpc) is 3.03. The lowest BCUT2D eigenvalue weighted by molar-refractivity contribution is -0.384. The molecule has 2 N–H and O–H groups in total. The Labute approximate surface area is 109 Å². The number of imidazole rings is 1. The SMILES string of the molecule is CNC1CCN(c2nc3ccc([N+](=O)[O-])cc3[nH]2)C1. The number of fused-ring (bicyclic) bond motifs is 1. The van der Waals surface area contributed by atoms with Gasteiger partial charge in [0.05, 0.1) is 16.0 Å². The first-order chi connectivity index (χ1) is 9.17. The lowest BCUT2D eigenvalue weighted by Crippen LogP contribution is -2.29. The Bertz CT molecular complexity index is 624. The maximum atomic E-state index is 10.7. The van der Waals surface area contributed by atoms with Crippen LogP contribution in [0.3, 0.4) is 0 Å². The molecule has 1 aliphatic rings. The zero-order valence-corrected chi connectivity index (χ0v) is 10.6. The monoisotopic (exact) mass is 261 g/mol. The molecule has 7 nitrogen and oxygen atoms in total. The summed E-state index contributed by atoms with van der Waals surface area (Å²) in [6.45, 7) is 1.84. The van der Waals surface area contributed by atoms with Crippen LogP contribution >= 0.6 is 0 Å². The first kappa shape index (κ1) is 11.9. The van der Waals surface area contributed by atoms with Crippen LogP contribution < -0.4 is 10.2 Å². The van der Waals surface area contributed by atoms with E-state index in [-0.39, 0.29) is 5.69 Å². The number of H-pyrrole nitrogens is 1. The van der Waals surface area contributed by atoms with Gasteiger partial charge in [-0.25, -0.2) is 4.98 Å². The molecular formula is C12H15N5O2. The van der Waals surface area contributed by atoms with E-state index in [1.807, 2.05) is 7.05 Å². The third-order valence-corrected chi connectivity index (χ3v) is 3.56. The van der Waals surface area contributed by atoms with Crippen LogP contribution in [0.1, 0.15) is 6.42 Å². The van der Waals surface area contributed by atoms with Gasteiger partial charge in [-0.15, -0.1) is 0 Å². The highest BCUT2D eigenvalue weighted by atomic mass is 16.6. The Hall–Kier alpha value is -2.15. The fraction of sp³-hybridized carbons (Fsp3) is 0.417. The Morgan fingerprint density at radius 3 is 3.11 bits per heavy atom. The lowest BCUT2D eigenvalue weighted by atomic mass is 10.3. The van der Waals surface area contributed by atoms with Gasteiger partial charge in [-0.2, -0.15) is 0 Å². The van der Waals surface area contributed by atoms with E-state index < -0.39 is 4.92 Å². The van der Waals surface area contributed by atoms with Crippen LogP contribution in [-0.2, 0) is 0 Å². The molecule has 1 fully saturated rings. The summed E-state index contributed by atoms with van der Waals surface area (Å²) >= 11 is 0. The molecule has 3 rings (SSSR count). The van der Waals surface area contributed by atoms with Crippen molar-refractivity contribution in [1.29, 1.82) is 0 Å². The average molecular weight is 261 g/mol. The summed E-state index contributed by atoms with van der Waals surface area (Å²) in [6.07, 6.45) is 1.08. The van der Waals surface area contributed by atoms with E-state index in [0.717, 1.165) is 31.0 Å². The van der Waals surface area contributed by atoms with Crippen LogP contribution in [0.25, 0.3) is 11.0 Å². The first-order valence-electron chi connectivity index (χ1n) is 6.24. The molecule has 1 atom stereocenters. The van der Waals surface area contributed by atoms with Crippen molar-refractivity contribution in [3.8, 4) is 0 Å². The molecule has 100 valence electrons. The van der Waals surface area contributed by atoms with E-state index in [2.05, 4.69) is 20.2 Å². The van der Waals surface area contributed by atoms with E-state index in [1.54, 1.807) is 6.07 Å². The summed E-state index contributed by atoms with van der Waals surface area (Å²) in [6, 6.07) is 5.16. The molecule has 0 radical (unpaired) electrons. The molecule has 0 saturated carbocycles. The molecule has 0 bridgehead atoms. The molecule has 1 aromatic heterocycles. The van der Waals surface area contributed by atoms with Gasteiger partial charge in [0.2, 0.25) is 5.95 Å². The molecule has 7 heteroatoms. The predicted octanol–water partition coefficient (Wildman–Crippen LogP) is 1.27. The lowest BCUT2D eigenvalue weighted by Gasteiger charge is -2.14. The number of rotatable bonds is 3. The molecule has 1 unspecified atom stereocenters. The number of aromatic amines is 1. The number of nitro benzene ring substituents is 1. The van der Waals surface area contributed by atoms with Gasteiger partial charge in [0.25, 0.3) is 5.69 Å². The fourth-order valence-corrected chi connectivity index (χ4v) is 2.44. The largest absolute Gasteiger partial charge is 0.341 e. The van der Waals surface area contributed by atoms with Crippen molar-refractivity contribution in [2.75, 3.05) is 25.0 Å². The molecule has 1 aromatic carbocycles. The van der Waals surface area contributed by atoms with Crippen molar-refractivity contribution in [3.63, 3.8) is 0 Å². The molecule has 0 spiro atoms. The van der Waals surface area contributed by atoms with Gasteiger partial charge in [0.15, 0.2) is 0 Å². The molecular weight excluding hydrogens is 246 g/mol. The Morgan fingerprint density at radius 2 is 2.42 bits per heavy atom. The second-order valence-corrected chi connectivity index (χ2v) is 4.74. The highest BCUT2D eigenvalue weighted by Crippen LogP contribution is 2.24. The number of benzene rings is 1. The van der Waals surface area contributed by atoms with Crippen LogP contribution in [0.5, 0.6) is 0 Å². The summed E-state index contributed by atoms with van der Waals surface area (Å²) < 4.78 is 0. The zero-order chi connectivity index (χ0) is 13.4. The minimum absolute atomic E-state index is 0.0808. The number of likely N-dealkylation sites (N-methyl/N-ethyl adjacent to an activating group) is 1. The van der Waals surface area contributed by atoms with E-state index in [4.69, 9.17) is 0 Å². The number of hydrogen-bond acceptors (Lipinski definition) is 5. The van der Waals surface area contributed by atoms with Gasteiger partial charge in [-0.05, 0) is 19.5 Å². The summed E-state index contributed by atoms with van der Waals surface area (Å²) in [7, 11) is 1.95. The number of nitrogens with zero attached hydrogens (tertiary/aromatic N) is 3. The van der Waals surface area contributed by atoms with Crippen molar-refractivity contribution in [3.05, 3.63) is 28.3 Å². The zero-order valence-electron chi connectivity index (χ0n) is 10.6. The second-order valence-electron chi connectivity index (χ2n) is 4.74. The van der Waals surface area contributed by atoms with Gasteiger partial charge in [0, 0.05) is 31.3 Å². The first-order valence-corrected chi connectivity index (χ1v) is 6.24. The summed E-state index contributed by atoms with van der Waals surface area (Å²) in [5.74, 6) is 0.785. The molecule has 0 aliphatic carbocycles. The smallest absolute Gasteiger partial charge is 0.271 e. The standard InChI is InChI=1S/C12H15N5O2/c1-13-8-4-5-16(7-8)12-14-10-3-2-9(17(18)19)6-11(10)15-12/h2-3,6,8,13H,4-5,7H2,1H3,(H,14,15). The van der Waals surface area contributed by atoms with E-state index >= 15 is 0 Å². The van der Waals surface area contributed by atoms with Crippen molar-refractivity contribution >= 4 is 22.7 Å². The topological polar surface area (TPSA) is 87.1 Å². The van der Waals surface area contributed by atoms with Crippen LogP contribution in [0, 0.1) is 10.1 Å². The minimum atomic E-state index is -0.396. The van der Waals surface area contributed by atoms with Crippen LogP contribution in [0.2, 0.25) is 0 Å². The third-order valence-electron chi connectivity index (χ3n) is 3.56. The number of aromatic nitrogens is 2. The van der Waals surface area contributed by atoms with Crippen molar-refractivity contribution in [2.24, 2.45) is 0 Å². The normalized spacial score (nSPS) is 19.2. The van der Waals surface area contributed by atoms with Gasteiger partial charge in [-0.1, -0.05) is 0 Å². The van der Waals surface area contributed by atoms with Gasteiger partial charge >= 0.3 is 0 Å². The molecule has 0 amide bonds. The van der Waals surface area contributed by atoms with Gasteiger partial charge in [0.1, 0.15) is 0 Å². The van der Waals surface area contributed by atoms with Gasteiger partial charge in [-0.3, -0.25) is 10.1 Å². The predicted molar refractivity (Wildman–Crippen MR) is 72.4 cm³/mol. The Kier molecular flexibility index (Phi) is 2.83. The van der Waals surface area contributed by atoms with Crippen molar-refractivity contribution in [2.45, 2.75) is 12.5 Å². The quantitative estimate of drug-likeness (QED) is 0.641. The Balaban J connectivity index is 1.91. The van der Waals surface area contributed by atoms with Crippen molar-refractivity contribution < 1.29 is 4.92 Å². The van der Waals surface area contributed by atoms with Crippen LogP contribution in [0.15, 0.2) is 18.2 Å². The number of hydrogen-bond donors (Lipinski definition) is 2. The fourth-order valence-electron chi connectivity index (χ4n) is 2.44. The summed E-state index contributed by atoms with van der Waals surface area (Å²) in [5.41, 5.74) is 1.54. The number of anilines is 1. The third kappa shape index (κ3) is 2.12. The number of non-ortho nitro benzene ring substituents is 1. The van der Waals surface area contributed by atoms with E-state index in [9.17, 15) is 10.1 Å². The highest BCUT2D eigenvalue weighted by molar-refractivity contribution is 5.80. The number of nitro groups is 1. The number of nitrogens with one attached hydrogen (secondary N) is 2. The van der Waals surface area contributed by atoms with Crippen molar-refractivity contribution in [1.82, 2.24) is 15.3 Å². The summed E-state index contributed by atoms with van der Waals surface area (Å²) in [5, 5.41) is 14.0. The molecule has 1 saturated heterocycles.